The van der Waals surface area contributed by atoms with Crippen molar-refractivity contribution in [3.05, 3.63) is 23.9 Å². The molecule has 2 rings (SSSR count). The van der Waals surface area contributed by atoms with Gasteiger partial charge in [-0.1, -0.05) is 12.2 Å². The Hall–Kier alpha value is -0.160. The van der Waals surface area contributed by atoms with E-state index in [2.05, 4.69) is 33.7 Å². The van der Waals surface area contributed by atoms with Crippen LogP contribution in [-0.4, -0.2) is 14.4 Å². The van der Waals surface area contributed by atoms with E-state index in [4.69, 9.17) is 0 Å². The monoisotopic (exact) mass is 289 g/mol. The molecule has 70 valence electrons. The second-order valence-corrected chi connectivity index (χ2v) is 4.65. The van der Waals surface area contributed by atoms with Crippen LogP contribution in [0.2, 0.25) is 0 Å². The Kier molecular flexibility index (Phi) is 2.55. The molecule has 2 aliphatic rings. The largest absolute Gasteiger partial charge is 0.384 e. The molecule has 1 heterocycles. The maximum atomic E-state index is 10.1. The van der Waals surface area contributed by atoms with Gasteiger partial charge in [-0.05, 0) is 54.4 Å². The van der Waals surface area contributed by atoms with Crippen molar-refractivity contribution in [1.82, 2.24) is 0 Å². The van der Waals surface area contributed by atoms with Crippen LogP contribution >= 0.6 is 22.6 Å². The van der Waals surface area contributed by atoms with Gasteiger partial charge in [0.15, 0.2) is 0 Å². The van der Waals surface area contributed by atoms with Gasteiger partial charge in [0.2, 0.25) is 0 Å². The van der Waals surface area contributed by atoms with E-state index in [0.29, 0.717) is 0 Å². The number of rotatable bonds is 1. The van der Waals surface area contributed by atoms with Crippen LogP contribution in [-0.2, 0) is 0 Å². The van der Waals surface area contributed by atoms with Gasteiger partial charge in [0.05, 0.1) is 5.70 Å². The molecular weight excluding hydrogens is 277 g/mol. The molecule has 1 N–H and O–H groups in total. The van der Waals surface area contributed by atoms with Crippen molar-refractivity contribution in [2.45, 2.75) is 31.3 Å². The molecule has 1 aliphatic heterocycles. The number of hydrogen-bond donors (Lipinski definition) is 1. The zero-order chi connectivity index (χ0) is 9.31. The lowest BCUT2D eigenvalue weighted by Crippen LogP contribution is -2.38. The Bertz CT molecular complexity index is 300. The predicted molar refractivity (Wildman–Crippen MR) is 62.1 cm³/mol. The van der Waals surface area contributed by atoms with Crippen molar-refractivity contribution in [3.8, 4) is 0 Å². The van der Waals surface area contributed by atoms with Crippen molar-refractivity contribution >= 4 is 26.3 Å². The number of allylic oxidation sites excluding steroid dienone is 3. The van der Waals surface area contributed by atoms with Gasteiger partial charge in [-0.3, -0.25) is 0 Å². The minimum atomic E-state index is -0.609. The molecule has 0 saturated heterocycles. The number of hydrogen-bond acceptors (Lipinski definition) is 2. The quantitative estimate of drug-likeness (QED) is 0.739. The van der Waals surface area contributed by atoms with Crippen LogP contribution in [0.25, 0.3) is 0 Å². The molecule has 0 atom stereocenters. The molecular formula is C10H12INO. The summed E-state index contributed by atoms with van der Waals surface area (Å²) in [5, 5.41) is 10.1. The average molecular weight is 289 g/mol. The zero-order valence-corrected chi connectivity index (χ0v) is 9.49. The van der Waals surface area contributed by atoms with Gasteiger partial charge in [0.25, 0.3) is 0 Å². The molecule has 0 unspecified atom stereocenters. The van der Waals surface area contributed by atoms with Crippen LogP contribution in [0.4, 0.5) is 0 Å². The normalized spacial score (nSPS) is 25.7. The average Bonchev–Trinajstić information content (AvgIpc) is 2.25. The summed E-state index contributed by atoms with van der Waals surface area (Å²) in [6.45, 7) is 0. The van der Waals surface area contributed by atoms with Gasteiger partial charge >= 0.3 is 0 Å². The summed E-state index contributed by atoms with van der Waals surface area (Å²) >= 11 is 2.19. The first-order chi connectivity index (χ1) is 6.21. The summed E-state index contributed by atoms with van der Waals surface area (Å²) in [5.74, 6) is 0. The number of aliphatic hydroxyl groups is 1. The van der Waals surface area contributed by atoms with Crippen molar-refractivity contribution in [2.24, 2.45) is 4.99 Å². The van der Waals surface area contributed by atoms with Crippen molar-refractivity contribution in [2.75, 3.05) is 0 Å². The smallest absolute Gasteiger partial charge is 0.106 e. The van der Waals surface area contributed by atoms with Crippen LogP contribution in [0.3, 0.4) is 0 Å². The highest BCUT2D eigenvalue weighted by molar-refractivity contribution is 14.1. The van der Waals surface area contributed by atoms with E-state index in [1.165, 1.54) is 0 Å². The van der Waals surface area contributed by atoms with Crippen LogP contribution < -0.4 is 0 Å². The molecule has 13 heavy (non-hydrogen) atoms. The Morgan fingerprint density at radius 2 is 2.23 bits per heavy atom. The predicted octanol–water partition coefficient (Wildman–Crippen LogP) is 2.58. The highest BCUT2D eigenvalue weighted by Crippen LogP contribution is 2.39. The molecule has 1 saturated carbocycles. The van der Waals surface area contributed by atoms with E-state index in [0.717, 1.165) is 35.1 Å². The maximum Gasteiger partial charge on any atom is 0.106 e. The first kappa shape index (κ1) is 9.40. The summed E-state index contributed by atoms with van der Waals surface area (Å²) in [4.78, 5) is 4.40. The Morgan fingerprint density at radius 1 is 1.46 bits per heavy atom. The van der Waals surface area contributed by atoms with Gasteiger partial charge in [0, 0.05) is 0 Å². The van der Waals surface area contributed by atoms with Gasteiger partial charge in [0.1, 0.15) is 9.32 Å². The van der Waals surface area contributed by atoms with E-state index in [-0.39, 0.29) is 0 Å². The van der Waals surface area contributed by atoms with Crippen molar-refractivity contribution in [1.29, 1.82) is 0 Å². The minimum absolute atomic E-state index is 0.609. The molecule has 0 amide bonds. The number of nitrogens with zero attached hydrogens (tertiary/aromatic N) is 1. The molecule has 2 nitrogen and oxygen atoms in total. The first-order valence-electron chi connectivity index (χ1n) is 4.54. The lowest BCUT2D eigenvalue weighted by Gasteiger charge is -2.36. The Morgan fingerprint density at radius 3 is 2.85 bits per heavy atom. The topological polar surface area (TPSA) is 32.6 Å². The second kappa shape index (κ2) is 3.53. The molecule has 3 heteroatoms. The van der Waals surface area contributed by atoms with Crippen molar-refractivity contribution in [3.63, 3.8) is 0 Å². The third kappa shape index (κ3) is 1.86. The maximum absolute atomic E-state index is 10.1. The Labute approximate surface area is 91.6 Å². The summed E-state index contributed by atoms with van der Waals surface area (Å²) in [7, 11) is 0. The minimum Gasteiger partial charge on any atom is -0.384 e. The van der Waals surface area contributed by atoms with E-state index in [1.54, 1.807) is 0 Å². The van der Waals surface area contributed by atoms with Crippen LogP contribution in [0, 0.1) is 0 Å². The van der Waals surface area contributed by atoms with Gasteiger partial charge in [-0.15, -0.1) is 0 Å². The summed E-state index contributed by atoms with van der Waals surface area (Å²) in [6, 6.07) is 0. The Balaban J connectivity index is 2.23. The SMILES string of the molecule is OC1(C2=CCC=CC(I)=N2)CCC1. The third-order valence-electron chi connectivity index (χ3n) is 2.59. The van der Waals surface area contributed by atoms with E-state index < -0.39 is 5.60 Å². The van der Waals surface area contributed by atoms with E-state index >= 15 is 0 Å². The zero-order valence-electron chi connectivity index (χ0n) is 7.33. The highest BCUT2D eigenvalue weighted by Gasteiger charge is 2.38. The van der Waals surface area contributed by atoms with Gasteiger partial charge in [-0.2, -0.15) is 0 Å². The fourth-order valence-electron chi connectivity index (χ4n) is 1.60. The molecule has 1 fully saturated rings. The third-order valence-corrected chi connectivity index (χ3v) is 3.19. The molecule has 0 bridgehead atoms. The van der Waals surface area contributed by atoms with Gasteiger partial charge < -0.3 is 5.11 Å². The molecule has 0 spiro atoms. The molecule has 0 aromatic heterocycles. The number of halogens is 1. The fraction of sp³-hybridized carbons (Fsp3) is 0.500. The number of aliphatic imine (C=N–C) groups is 1. The first-order valence-corrected chi connectivity index (χ1v) is 5.62. The lowest BCUT2D eigenvalue weighted by molar-refractivity contribution is 0.00147. The van der Waals surface area contributed by atoms with Crippen LogP contribution in [0.15, 0.2) is 28.9 Å². The fourth-order valence-corrected chi connectivity index (χ4v) is 2.12. The van der Waals surface area contributed by atoms with E-state index in [1.807, 2.05) is 12.2 Å². The second-order valence-electron chi connectivity index (χ2n) is 3.55. The highest BCUT2D eigenvalue weighted by atomic mass is 127. The van der Waals surface area contributed by atoms with E-state index in [9.17, 15) is 5.11 Å². The summed E-state index contributed by atoms with van der Waals surface area (Å²) < 4.78 is 0.960. The summed E-state index contributed by atoms with van der Waals surface area (Å²) in [5.41, 5.74) is 0.260. The lowest BCUT2D eigenvalue weighted by atomic mass is 9.77. The molecule has 0 aromatic carbocycles. The van der Waals surface area contributed by atoms with Crippen LogP contribution in [0.1, 0.15) is 25.7 Å². The summed E-state index contributed by atoms with van der Waals surface area (Å²) in [6.07, 6.45) is 9.83. The van der Waals surface area contributed by atoms with Crippen molar-refractivity contribution < 1.29 is 5.11 Å². The van der Waals surface area contributed by atoms with Crippen LogP contribution in [0.5, 0.6) is 0 Å². The standard InChI is InChI=1S/C10H12INO/c11-9-5-2-1-4-8(12-9)10(13)6-3-7-10/h2,4-5,13H,1,3,6-7H2. The molecule has 1 aliphatic carbocycles. The molecule has 0 radical (unpaired) electrons. The molecule has 0 aromatic rings. The van der Waals surface area contributed by atoms with Gasteiger partial charge in [-0.25, -0.2) is 4.99 Å².